The Morgan fingerprint density at radius 3 is 2.56 bits per heavy atom. The van der Waals surface area contributed by atoms with Crippen LogP contribution in [0.3, 0.4) is 0 Å². The van der Waals surface area contributed by atoms with E-state index >= 15 is 0 Å². The standard InChI is InChI=1S/C10H14N4O2/c1-5-7-8(14(4)12-5)10(16)13(3)6(2)9(15)11-7/h6H,1-4H3,(H,11,15). The first-order valence-corrected chi connectivity index (χ1v) is 5.05. The SMILES string of the molecule is Cc1nn(C)c2c1NC(=O)C(C)N(C)C2=O. The minimum Gasteiger partial charge on any atom is -0.329 e. The van der Waals surface area contributed by atoms with E-state index in [0.717, 1.165) is 0 Å². The van der Waals surface area contributed by atoms with E-state index in [9.17, 15) is 9.59 Å². The third kappa shape index (κ3) is 1.30. The second kappa shape index (κ2) is 3.33. The monoisotopic (exact) mass is 222 g/mol. The van der Waals surface area contributed by atoms with Gasteiger partial charge < -0.3 is 10.2 Å². The average molecular weight is 222 g/mol. The molecule has 86 valence electrons. The second-order valence-electron chi connectivity index (χ2n) is 4.01. The fourth-order valence-corrected chi connectivity index (χ4v) is 1.80. The van der Waals surface area contributed by atoms with Gasteiger partial charge in [-0.1, -0.05) is 0 Å². The van der Waals surface area contributed by atoms with Crippen molar-refractivity contribution in [2.45, 2.75) is 19.9 Å². The number of aryl methyl sites for hydroxylation is 2. The molecule has 6 heteroatoms. The first-order valence-electron chi connectivity index (χ1n) is 5.05. The van der Waals surface area contributed by atoms with Crippen LogP contribution in [0.25, 0.3) is 0 Å². The van der Waals surface area contributed by atoms with Gasteiger partial charge >= 0.3 is 0 Å². The Balaban J connectivity index is 2.62. The van der Waals surface area contributed by atoms with Crippen LogP contribution in [-0.4, -0.2) is 39.6 Å². The highest BCUT2D eigenvalue weighted by atomic mass is 16.2. The number of aromatic nitrogens is 2. The summed E-state index contributed by atoms with van der Waals surface area (Å²) in [5.41, 5.74) is 1.60. The summed E-state index contributed by atoms with van der Waals surface area (Å²) in [6.45, 7) is 3.46. The lowest BCUT2D eigenvalue weighted by molar-refractivity contribution is -0.119. The van der Waals surface area contributed by atoms with E-state index in [4.69, 9.17) is 0 Å². The number of likely N-dealkylation sites (N-methyl/N-ethyl adjacent to an activating group) is 1. The first kappa shape index (κ1) is 10.7. The fourth-order valence-electron chi connectivity index (χ4n) is 1.80. The normalized spacial score (nSPS) is 20.5. The maximum atomic E-state index is 12.1. The molecule has 0 aromatic carbocycles. The molecule has 1 aromatic rings. The highest BCUT2D eigenvalue weighted by Crippen LogP contribution is 2.24. The molecule has 0 saturated carbocycles. The van der Waals surface area contributed by atoms with Gasteiger partial charge in [0.25, 0.3) is 5.91 Å². The minimum absolute atomic E-state index is 0.189. The van der Waals surface area contributed by atoms with Crippen molar-refractivity contribution in [1.82, 2.24) is 14.7 Å². The molecular formula is C10H14N4O2. The molecule has 1 atom stereocenters. The number of nitrogens with zero attached hydrogens (tertiary/aromatic N) is 3. The van der Waals surface area contributed by atoms with E-state index in [-0.39, 0.29) is 11.8 Å². The zero-order chi connectivity index (χ0) is 12.0. The van der Waals surface area contributed by atoms with Gasteiger partial charge in [0.2, 0.25) is 5.91 Å². The highest BCUT2D eigenvalue weighted by molar-refractivity contribution is 6.09. The summed E-state index contributed by atoms with van der Waals surface area (Å²) in [7, 11) is 3.31. The van der Waals surface area contributed by atoms with Gasteiger partial charge in [-0.2, -0.15) is 5.10 Å². The zero-order valence-electron chi connectivity index (χ0n) is 9.74. The predicted octanol–water partition coefficient (Wildman–Crippen LogP) is 0.141. The summed E-state index contributed by atoms with van der Waals surface area (Å²) in [5, 5.41) is 6.87. The molecule has 0 fully saturated rings. The van der Waals surface area contributed by atoms with Crippen LogP contribution in [0, 0.1) is 6.92 Å². The van der Waals surface area contributed by atoms with Gasteiger partial charge in [0.15, 0.2) is 0 Å². The maximum Gasteiger partial charge on any atom is 0.274 e. The number of carbonyl (C=O) groups excluding carboxylic acids is 2. The Bertz CT molecular complexity index is 477. The third-order valence-corrected chi connectivity index (χ3v) is 2.95. The van der Waals surface area contributed by atoms with E-state index < -0.39 is 6.04 Å². The summed E-state index contributed by atoms with van der Waals surface area (Å²) >= 11 is 0. The van der Waals surface area contributed by atoms with Crippen LogP contribution >= 0.6 is 0 Å². The lowest BCUT2D eigenvalue weighted by atomic mass is 10.2. The van der Waals surface area contributed by atoms with Gasteiger partial charge in [-0.3, -0.25) is 14.3 Å². The lowest BCUT2D eigenvalue weighted by Gasteiger charge is -2.20. The number of amides is 2. The van der Waals surface area contributed by atoms with Crippen molar-refractivity contribution in [3.8, 4) is 0 Å². The number of carbonyl (C=O) groups is 2. The van der Waals surface area contributed by atoms with Crippen molar-refractivity contribution in [3.63, 3.8) is 0 Å². The van der Waals surface area contributed by atoms with Crippen molar-refractivity contribution in [3.05, 3.63) is 11.4 Å². The largest absolute Gasteiger partial charge is 0.329 e. The number of rotatable bonds is 0. The third-order valence-electron chi connectivity index (χ3n) is 2.95. The summed E-state index contributed by atoms with van der Waals surface area (Å²) < 4.78 is 1.50. The Labute approximate surface area is 93.2 Å². The van der Waals surface area contributed by atoms with Crippen LogP contribution in [0.15, 0.2) is 0 Å². The van der Waals surface area contributed by atoms with Crippen molar-refractivity contribution in [2.24, 2.45) is 7.05 Å². The highest BCUT2D eigenvalue weighted by Gasteiger charge is 2.33. The molecule has 2 rings (SSSR count). The van der Waals surface area contributed by atoms with Gasteiger partial charge in [0.1, 0.15) is 11.7 Å². The number of nitrogens with one attached hydrogen (secondary N) is 1. The lowest BCUT2D eigenvalue weighted by Crippen LogP contribution is -2.40. The number of anilines is 1. The van der Waals surface area contributed by atoms with Gasteiger partial charge in [-0.05, 0) is 13.8 Å². The van der Waals surface area contributed by atoms with Crippen LogP contribution in [0.4, 0.5) is 5.69 Å². The van der Waals surface area contributed by atoms with E-state index in [0.29, 0.717) is 17.1 Å². The molecule has 1 aromatic heterocycles. The predicted molar refractivity (Wildman–Crippen MR) is 58.1 cm³/mol. The van der Waals surface area contributed by atoms with Crippen LogP contribution in [0.1, 0.15) is 23.1 Å². The van der Waals surface area contributed by atoms with Crippen molar-refractivity contribution < 1.29 is 9.59 Å². The molecule has 1 N–H and O–H groups in total. The van der Waals surface area contributed by atoms with Crippen LogP contribution in [0.2, 0.25) is 0 Å². The molecule has 1 unspecified atom stereocenters. The quantitative estimate of drug-likeness (QED) is 0.679. The van der Waals surface area contributed by atoms with E-state index in [1.54, 1.807) is 27.9 Å². The first-order chi connectivity index (χ1) is 7.43. The summed E-state index contributed by atoms with van der Waals surface area (Å²) in [4.78, 5) is 25.3. The molecule has 2 heterocycles. The summed E-state index contributed by atoms with van der Waals surface area (Å²) in [6.07, 6.45) is 0. The van der Waals surface area contributed by atoms with E-state index in [1.165, 1.54) is 9.58 Å². The zero-order valence-corrected chi connectivity index (χ0v) is 9.74. The number of fused-ring (bicyclic) bond motifs is 1. The molecule has 0 bridgehead atoms. The Kier molecular flexibility index (Phi) is 2.22. The van der Waals surface area contributed by atoms with Crippen molar-refractivity contribution in [1.29, 1.82) is 0 Å². The molecule has 16 heavy (non-hydrogen) atoms. The summed E-state index contributed by atoms with van der Waals surface area (Å²) in [5.74, 6) is -0.380. The Morgan fingerprint density at radius 2 is 1.94 bits per heavy atom. The van der Waals surface area contributed by atoms with Crippen LogP contribution < -0.4 is 5.32 Å². The van der Waals surface area contributed by atoms with Gasteiger partial charge in [0.05, 0.1) is 11.4 Å². The van der Waals surface area contributed by atoms with Crippen molar-refractivity contribution in [2.75, 3.05) is 12.4 Å². The molecule has 6 nitrogen and oxygen atoms in total. The minimum atomic E-state index is -0.473. The van der Waals surface area contributed by atoms with Gasteiger partial charge in [-0.25, -0.2) is 0 Å². The molecule has 0 saturated heterocycles. The average Bonchev–Trinajstić information content (AvgIpc) is 2.46. The maximum absolute atomic E-state index is 12.1. The van der Waals surface area contributed by atoms with E-state index in [2.05, 4.69) is 10.4 Å². The Morgan fingerprint density at radius 1 is 1.31 bits per heavy atom. The van der Waals surface area contributed by atoms with Crippen molar-refractivity contribution >= 4 is 17.5 Å². The molecule has 0 spiro atoms. The fraction of sp³-hybridized carbons (Fsp3) is 0.500. The molecule has 1 aliphatic rings. The molecule has 0 radical (unpaired) electrons. The van der Waals surface area contributed by atoms with Gasteiger partial charge in [0, 0.05) is 14.1 Å². The molecular weight excluding hydrogens is 208 g/mol. The van der Waals surface area contributed by atoms with E-state index in [1.807, 2.05) is 0 Å². The second-order valence-corrected chi connectivity index (χ2v) is 4.01. The van der Waals surface area contributed by atoms with Crippen LogP contribution in [0.5, 0.6) is 0 Å². The molecule has 0 aliphatic carbocycles. The number of hydrogen-bond acceptors (Lipinski definition) is 3. The Hall–Kier alpha value is -1.85. The summed E-state index contributed by atoms with van der Waals surface area (Å²) in [6, 6.07) is -0.473. The van der Waals surface area contributed by atoms with Crippen LogP contribution in [-0.2, 0) is 11.8 Å². The molecule has 1 aliphatic heterocycles. The topological polar surface area (TPSA) is 67.2 Å². The van der Waals surface area contributed by atoms with Gasteiger partial charge in [-0.15, -0.1) is 0 Å². The smallest absolute Gasteiger partial charge is 0.274 e. The molecule has 2 amide bonds. The number of hydrogen-bond donors (Lipinski definition) is 1.